The zero-order chi connectivity index (χ0) is 14.5. The molecule has 0 radical (unpaired) electrons. The molecule has 0 aromatic heterocycles. The van der Waals surface area contributed by atoms with Crippen LogP contribution in [0, 0.1) is 3.57 Å². The van der Waals surface area contributed by atoms with Gasteiger partial charge in [0.05, 0.1) is 6.54 Å². The minimum absolute atomic E-state index is 0.211. The average Bonchev–Trinajstić information content (AvgIpc) is 2.41. The predicted molar refractivity (Wildman–Crippen MR) is 87.9 cm³/mol. The molecule has 0 spiro atoms. The first kappa shape index (κ1) is 15.6. The number of benzene rings is 1. The Labute approximate surface area is 134 Å². The van der Waals surface area contributed by atoms with Crippen molar-refractivity contribution in [2.75, 3.05) is 33.7 Å². The van der Waals surface area contributed by atoms with E-state index < -0.39 is 0 Å². The molecule has 0 atom stereocenters. The van der Waals surface area contributed by atoms with Crippen LogP contribution >= 0.6 is 22.6 Å². The third-order valence-electron chi connectivity index (χ3n) is 3.36. The van der Waals surface area contributed by atoms with Crippen molar-refractivity contribution in [3.63, 3.8) is 0 Å². The van der Waals surface area contributed by atoms with E-state index in [0.29, 0.717) is 6.54 Å². The summed E-state index contributed by atoms with van der Waals surface area (Å²) in [4.78, 5) is 15.8. The molecule has 2 rings (SSSR count). The highest BCUT2D eigenvalue weighted by Gasteiger charge is 2.23. The summed E-state index contributed by atoms with van der Waals surface area (Å²) in [5.41, 5.74) is 0. The van der Waals surface area contributed by atoms with Gasteiger partial charge >= 0.3 is 0 Å². The summed E-state index contributed by atoms with van der Waals surface area (Å²) in [7, 11) is 3.84. The second kappa shape index (κ2) is 7.26. The Kier molecular flexibility index (Phi) is 5.65. The van der Waals surface area contributed by atoms with Gasteiger partial charge in [0.1, 0.15) is 11.9 Å². The Balaban J connectivity index is 1.79. The van der Waals surface area contributed by atoms with Crippen molar-refractivity contribution in [2.45, 2.75) is 18.9 Å². The number of rotatable bonds is 4. The van der Waals surface area contributed by atoms with Crippen molar-refractivity contribution in [2.24, 2.45) is 0 Å². The van der Waals surface area contributed by atoms with Crippen LogP contribution in [-0.4, -0.2) is 55.5 Å². The molecule has 0 saturated carbocycles. The molecule has 1 heterocycles. The maximum atomic E-state index is 12.0. The maximum absolute atomic E-state index is 12.0. The quantitative estimate of drug-likeness (QED) is 0.742. The minimum Gasteiger partial charge on any atom is -0.490 e. The number of halogens is 1. The van der Waals surface area contributed by atoms with Crippen molar-refractivity contribution in [3.8, 4) is 5.75 Å². The standard InChI is InChI=1S/C15H21IN2O2/c1-17(2)11-15(19)18-9-7-14(8-10-18)20-13-5-3-12(16)4-6-13/h3-6,14H,7-11H2,1-2H3. The molecular weight excluding hydrogens is 367 g/mol. The number of hydrogen-bond acceptors (Lipinski definition) is 3. The number of ether oxygens (including phenoxy) is 1. The Morgan fingerprint density at radius 2 is 1.90 bits per heavy atom. The van der Waals surface area contributed by atoms with E-state index in [1.807, 2.05) is 48.2 Å². The van der Waals surface area contributed by atoms with E-state index in [0.717, 1.165) is 31.7 Å². The molecule has 0 unspecified atom stereocenters. The fourth-order valence-corrected chi connectivity index (χ4v) is 2.66. The fourth-order valence-electron chi connectivity index (χ4n) is 2.30. The molecule has 1 aliphatic rings. The first-order valence-electron chi connectivity index (χ1n) is 6.89. The average molecular weight is 388 g/mol. The lowest BCUT2D eigenvalue weighted by molar-refractivity contribution is -0.133. The molecule has 1 aromatic rings. The first-order chi connectivity index (χ1) is 9.54. The Bertz CT molecular complexity index is 440. The molecule has 1 aromatic carbocycles. The number of amides is 1. The van der Waals surface area contributed by atoms with Crippen LogP contribution in [0.15, 0.2) is 24.3 Å². The van der Waals surface area contributed by atoms with E-state index in [9.17, 15) is 4.79 Å². The van der Waals surface area contributed by atoms with Gasteiger partial charge < -0.3 is 14.5 Å². The Hall–Kier alpha value is -0.820. The molecule has 5 heteroatoms. The molecule has 0 aliphatic carbocycles. The van der Waals surface area contributed by atoms with E-state index in [-0.39, 0.29) is 12.0 Å². The number of carbonyl (C=O) groups excluding carboxylic acids is 1. The summed E-state index contributed by atoms with van der Waals surface area (Å²) >= 11 is 2.28. The van der Waals surface area contributed by atoms with Gasteiger partial charge in [-0.25, -0.2) is 0 Å². The van der Waals surface area contributed by atoms with Crippen molar-refractivity contribution in [1.29, 1.82) is 0 Å². The second-order valence-electron chi connectivity index (χ2n) is 5.39. The molecule has 0 N–H and O–H groups in total. The number of nitrogens with zero attached hydrogens (tertiary/aromatic N) is 2. The lowest BCUT2D eigenvalue weighted by Crippen LogP contribution is -2.44. The Morgan fingerprint density at radius 1 is 1.30 bits per heavy atom. The number of hydrogen-bond donors (Lipinski definition) is 0. The number of carbonyl (C=O) groups is 1. The van der Waals surface area contributed by atoms with Crippen LogP contribution in [0.5, 0.6) is 5.75 Å². The van der Waals surface area contributed by atoms with E-state index in [2.05, 4.69) is 22.6 Å². The summed E-state index contributed by atoms with van der Waals surface area (Å²) in [6.07, 6.45) is 2.04. The topological polar surface area (TPSA) is 32.8 Å². The number of likely N-dealkylation sites (tertiary alicyclic amines) is 1. The van der Waals surface area contributed by atoms with Gasteiger partial charge in [-0.2, -0.15) is 0 Å². The summed E-state index contributed by atoms with van der Waals surface area (Å²) in [6.45, 7) is 2.08. The zero-order valence-corrected chi connectivity index (χ0v) is 14.2. The molecule has 1 aliphatic heterocycles. The lowest BCUT2D eigenvalue weighted by atomic mass is 10.1. The first-order valence-corrected chi connectivity index (χ1v) is 7.97. The summed E-state index contributed by atoms with van der Waals surface area (Å²) in [5, 5.41) is 0. The van der Waals surface area contributed by atoms with Crippen molar-refractivity contribution in [1.82, 2.24) is 9.80 Å². The van der Waals surface area contributed by atoms with Gasteiger partial charge in [-0.15, -0.1) is 0 Å². The molecular formula is C15H21IN2O2. The summed E-state index contributed by atoms with van der Waals surface area (Å²) in [5.74, 6) is 1.13. The van der Waals surface area contributed by atoms with Crippen LogP contribution in [0.2, 0.25) is 0 Å². The van der Waals surface area contributed by atoms with Gasteiger partial charge in [-0.05, 0) is 61.0 Å². The van der Waals surface area contributed by atoms with E-state index in [1.54, 1.807) is 0 Å². The smallest absolute Gasteiger partial charge is 0.236 e. The minimum atomic E-state index is 0.211. The Morgan fingerprint density at radius 3 is 2.45 bits per heavy atom. The van der Waals surface area contributed by atoms with Crippen LogP contribution in [0.4, 0.5) is 0 Å². The molecule has 0 bridgehead atoms. The van der Waals surface area contributed by atoms with Crippen molar-refractivity contribution in [3.05, 3.63) is 27.8 Å². The van der Waals surface area contributed by atoms with Crippen LogP contribution in [0.1, 0.15) is 12.8 Å². The monoisotopic (exact) mass is 388 g/mol. The maximum Gasteiger partial charge on any atom is 0.236 e. The normalized spacial score (nSPS) is 16.5. The summed E-state index contributed by atoms with van der Waals surface area (Å²) in [6, 6.07) is 8.11. The highest BCUT2D eigenvalue weighted by Crippen LogP contribution is 2.20. The fraction of sp³-hybridized carbons (Fsp3) is 0.533. The third kappa shape index (κ3) is 4.63. The summed E-state index contributed by atoms with van der Waals surface area (Å²) < 4.78 is 7.18. The largest absolute Gasteiger partial charge is 0.490 e. The third-order valence-corrected chi connectivity index (χ3v) is 4.08. The molecule has 20 heavy (non-hydrogen) atoms. The molecule has 1 fully saturated rings. The van der Waals surface area contributed by atoms with Crippen molar-refractivity contribution < 1.29 is 9.53 Å². The number of likely N-dealkylation sites (N-methyl/N-ethyl adjacent to an activating group) is 1. The van der Waals surface area contributed by atoms with Crippen LogP contribution in [-0.2, 0) is 4.79 Å². The van der Waals surface area contributed by atoms with Gasteiger partial charge in [-0.3, -0.25) is 4.79 Å². The molecule has 1 amide bonds. The highest BCUT2D eigenvalue weighted by atomic mass is 127. The van der Waals surface area contributed by atoms with Gasteiger partial charge in [0.2, 0.25) is 5.91 Å². The lowest BCUT2D eigenvalue weighted by Gasteiger charge is -2.32. The second-order valence-corrected chi connectivity index (χ2v) is 6.64. The molecule has 110 valence electrons. The van der Waals surface area contributed by atoms with Gasteiger partial charge in [-0.1, -0.05) is 0 Å². The molecule has 1 saturated heterocycles. The SMILES string of the molecule is CN(C)CC(=O)N1CCC(Oc2ccc(I)cc2)CC1. The highest BCUT2D eigenvalue weighted by molar-refractivity contribution is 14.1. The predicted octanol–water partition coefficient (Wildman–Crippen LogP) is 2.22. The zero-order valence-electron chi connectivity index (χ0n) is 12.0. The van der Waals surface area contributed by atoms with Crippen LogP contribution < -0.4 is 4.74 Å². The van der Waals surface area contributed by atoms with Crippen LogP contribution in [0.3, 0.4) is 0 Å². The van der Waals surface area contributed by atoms with Gasteiger partial charge in [0.15, 0.2) is 0 Å². The molecule has 4 nitrogen and oxygen atoms in total. The van der Waals surface area contributed by atoms with Crippen LogP contribution in [0.25, 0.3) is 0 Å². The van der Waals surface area contributed by atoms with E-state index in [4.69, 9.17) is 4.74 Å². The number of piperidine rings is 1. The van der Waals surface area contributed by atoms with E-state index >= 15 is 0 Å². The van der Waals surface area contributed by atoms with Crippen molar-refractivity contribution >= 4 is 28.5 Å². The van der Waals surface area contributed by atoms with Gasteiger partial charge in [0, 0.05) is 29.5 Å². The van der Waals surface area contributed by atoms with E-state index in [1.165, 1.54) is 3.57 Å². The van der Waals surface area contributed by atoms with Gasteiger partial charge in [0.25, 0.3) is 0 Å².